The number of carbonyl (C=O) groups excluding carboxylic acids is 1. The number of nitro groups is 1. The van der Waals surface area contributed by atoms with Crippen molar-refractivity contribution in [2.24, 2.45) is 0 Å². The summed E-state index contributed by atoms with van der Waals surface area (Å²) in [6, 6.07) is 7.13. The SMILES string of the molecule is CN(C(=O)Cc1cccc([N+](=O)[O-])c1)[C@@H]1CCCC[C@H]1N1CCCC1. The number of rotatable bonds is 5. The van der Waals surface area contributed by atoms with Crippen molar-refractivity contribution in [3.8, 4) is 0 Å². The molecule has 3 rings (SSSR count). The Morgan fingerprint density at radius 2 is 1.96 bits per heavy atom. The van der Waals surface area contributed by atoms with E-state index in [1.165, 1.54) is 44.2 Å². The van der Waals surface area contributed by atoms with Gasteiger partial charge in [-0.25, -0.2) is 0 Å². The average molecular weight is 345 g/mol. The van der Waals surface area contributed by atoms with Crippen LogP contribution in [0.15, 0.2) is 24.3 Å². The summed E-state index contributed by atoms with van der Waals surface area (Å²) in [5.74, 6) is 0.0524. The first kappa shape index (κ1) is 17.9. The molecule has 2 aliphatic rings. The first-order chi connectivity index (χ1) is 12.1. The van der Waals surface area contributed by atoms with Crippen LogP contribution in [0.3, 0.4) is 0 Å². The Bertz CT molecular complexity index is 628. The van der Waals surface area contributed by atoms with Crippen LogP contribution in [0.1, 0.15) is 44.1 Å². The zero-order valence-electron chi connectivity index (χ0n) is 14.9. The summed E-state index contributed by atoms with van der Waals surface area (Å²) >= 11 is 0. The maximum absolute atomic E-state index is 12.8. The molecule has 1 saturated heterocycles. The minimum atomic E-state index is -0.414. The number of likely N-dealkylation sites (N-methyl/N-ethyl adjacent to an activating group) is 1. The summed E-state index contributed by atoms with van der Waals surface area (Å²) in [7, 11) is 1.90. The van der Waals surface area contributed by atoms with E-state index >= 15 is 0 Å². The topological polar surface area (TPSA) is 66.7 Å². The standard InChI is InChI=1S/C19H27N3O3/c1-20(17-9-2-3-10-18(17)21-11-4-5-12-21)19(23)14-15-7-6-8-16(13-15)22(24)25/h6-8,13,17-18H,2-5,9-12,14H2,1H3/t17-,18-/m1/s1. The van der Waals surface area contributed by atoms with Crippen molar-refractivity contribution in [2.45, 2.75) is 57.0 Å². The van der Waals surface area contributed by atoms with Gasteiger partial charge in [-0.15, -0.1) is 0 Å². The molecule has 1 heterocycles. The van der Waals surface area contributed by atoms with Crippen molar-refractivity contribution in [1.82, 2.24) is 9.80 Å². The van der Waals surface area contributed by atoms with Gasteiger partial charge in [0.1, 0.15) is 0 Å². The van der Waals surface area contributed by atoms with Crippen LogP contribution in [0.5, 0.6) is 0 Å². The second-order valence-electron chi connectivity index (χ2n) is 7.27. The third-order valence-corrected chi connectivity index (χ3v) is 5.67. The minimum absolute atomic E-state index is 0.0422. The largest absolute Gasteiger partial charge is 0.341 e. The minimum Gasteiger partial charge on any atom is -0.341 e. The highest BCUT2D eigenvalue weighted by molar-refractivity contribution is 5.79. The lowest BCUT2D eigenvalue weighted by Gasteiger charge is -2.42. The zero-order valence-corrected chi connectivity index (χ0v) is 14.9. The van der Waals surface area contributed by atoms with Gasteiger partial charge in [0.05, 0.1) is 11.3 Å². The van der Waals surface area contributed by atoms with E-state index in [2.05, 4.69) is 4.90 Å². The average Bonchev–Trinajstić information content (AvgIpc) is 3.15. The van der Waals surface area contributed by atoms with Gasteiger partial charge in [0, 0.05) is 31.3 Å². The second kappa shape index (κ2) is 7.95. The smallest absolute Gasteiger partial charge is 0.269 e. The molecule has 136 valence electrons. The molecular weight excluding hydrogens is 318 g/mol. The Morgan fingerprint density at radius 3 is 2.68 bits per heavy atom. The molecule has 1 aromatic rings. The Balaban J connectivity index is 1.68. The highest BCUT2D eigenvalue weighted by Gasteiger charge is 2.35. The number of hydrogen-bond acceptors (Lipinski definition) is 4. The maximum atomic E-state index is 12.8. The quantitative estimate of drug-likeness (QED) is 0.608. The predicted octanol–water partition coefficient (Wildman–Crippen LogP) is 3.00. The van der Waals surface area contributed by atoms with Crippen LogP contribution in [0.4, 0.5) is 5.69 Å². The van der Waals surface area contributed by atoms with Crippen LogP contribution in [0, 0.1) is 10.1 Å². The third kappa shape index (κ3) is 4.18. The number of benzene rings is 1. The van der Waals surface area contributed by atoms with Gasteiger partial charge in [-0.1, -0.05) is 25.0 Å². The molecule has 25 heavy (non-hydrogen) atoms. The molecule has 6 heteroatoms. The third-order valence-electron chi connectivity index (χ3n) is 5.67. The molecule has 1 amide bonds. The fraction of sp³-hybridized carbons (Fsp3) is 0.632. The van der Waals surface area contributed by atoms with Gasteiger partial charge in [0.25, 0.3) is 5.69 Å². The van der Waals surface area contributed by atoms with Crippen LogP contribution in [-0.2, 0) is 11.2 Å². The summed E-state index contributed by atoms with van der Waals surface area (Å²) in [6.45, 7) is 2.29. The van der Waals surface area contributed by atoms with Crippen molar-refractivity contribution in [3.63, 3.8) is 0 Å². The summed E-state index contributed by atoms with van der Waals surface area (Å²) in [4.78, 5) is 27.8. The van der Waals surface area contributed by atoms with E-state index < -0.39 is 4.92 Å². The summed E-state index contributed by atoms with van der Waals surface area (Å²) in [5, 5.41) is 10.9. The van der Waals surface area contributed by atoms with Gasteiger partial charge < -0.3 is 4.90 Å². The summed E-state index contributed by atoms with van der Waals surface area (Å²) < 4.78 is 0. The van der Waals surface area contributed by atoms with Crippen LogP contribution in [-0.4, -0.2) is 52.9 Å². The number of nitrogens with zero attached hydrogens (tertiary/aromatic N) is 3. The zero-order chi connectivity index (χ0) is 17.8. The van der Waals surface area contributed by atoms with Gasteiger partial charge >= 0.3 is 0 Å². The number of non-ortho nitro benzene ring substituents is 1. The summed E-state index contributed by atoms with van der Waals surface area (Å²) in [5.41, 5.74) is 0.750. The molecule has 1 saturated carbocycles. The molecule has 0 spiro atoms. The molecule has 2 atom stereocenters. The number of hydrogen-bond donors (Lipinski definition) is 0. The number of likely N-dealkylation sites (tertiary alicyclic amines) is 1. The monoisotopic (exact) mass is 345 g/mol. The second-order valence-corrected chi connectivity index (χ2v) is 7.27. The molecule has 0 aromatic heterocycles. The molecule has 1 aliphatic heterocycles. The number of amides is 1. The Hall–Kier alpha value is -1.95. The van der Waals surface area contributed by atoms with Crippen molar-refractivity contribution >= 4 is 11.6 Å². The lowest BCUT2D eigenvalue weighted by Crippen LogP contribution is -2.53. The van der Waals surface area contributed by atoms with E-state index in [0.717, 1.165) is 19.5 Å². The molecule has 6 nitrogen and oxygen atoms in total. The molecule has 1 aromatic carbocycles. The highest BCUT2D eigenvalue weighted by atomic mass is 16.6. The highest BCUT2D eigenvalue weighted by Crippen LogP contribution is 2.29. The van der Waals surface area contributed by atoms with Crippen molar-refractivity contribution < 1.29 is 9.72 Å². The van der Waals surface area contributed by atoms with Gasteiger partial charge in [-0.3, -0.25) is 19.8 Å². The van der Waals surface area contributed by atoms with Crippen LogP contribution in [0.25, 0.3) is 0 Å². The lowest BCUT2D eigenvalue weighted by molar-refractivity contribution is -0.384. The normalized spacial score (nSPS) is 24.2. The van der Waals surface area contributed by atoms with Gasteiger partial charge in [-0.05, 0) is 44.3 Å². The van der Waals surface area contributed by atoms with E-state index in [4.69, 9.17) is 0 Å². The number of carbonyl (C=O) groups is 1. The van der Waals surface area contributed by atoms with Gasteiger partial charge in [0.15, 0.2) is 0 Å². The summed E-state index contributed by atoms with van der Waals surface area (Å²) in [6.07, 6.45) is 7.37. The maximum Gasteiger partial charge on any atom is 0.269 e. The Labute approximate surface area is 148 Å². The molecule has 0 N–H and O–H groups in total. The van der Waals surface area contributed by atoms with Crippen molar-refractivity contribution in [1.29, 1.82) is 0 Å². The molecule has 0 unspecified atom stereocenters. The fourth-order valence-corrected chi connectivity index (χ4v) is 4.31. The Morgan fingerprint density at radius 1 is 1.24 bits per heavy atom. The Kier molecular flexibility index (Phi) is 5.68. The molecular formula is C19H27N3O3. The van der Waals surface area contributed by atoms with E-state index in [0.29, 0.717) is 11.6 Å². The van der Waals surface area contributed by atoms with Crippen molar-refractivity contribution in [3.05, 3.63) is 39.9 Å². The van der Waals surface area contributed by atoms with Crippen molar-refractivity contribution in [2.75, 3.05) is 20.1 Å². The van der Waals surface area contributed by atoms with E-state index in [1.807, 2.05) is 11.9 Å². The van der Waals surface area contributed by atoms with Crippen LogP contribution in [0.2, 0.25) is 0 Å². The predicted molar refractivity (Wildman–Crippen MR) is 96.4 cm³/mol. The molecule has 0 radical (unpaired) electrons. The molecule has 2 fully saturated rings. The van der Waals surface area contributed by atoms with Crippen LogP contribution < -0.4 is 0 Å². The van der Waals surface area contributed by atoms with Gasteiger partial charge in [-0.2, -0.15) is 0 Å². The fourth-order valence-electron chi connectivity index (χ4n) is 4.31. The first-order valence-corrected chi connectivity index (χ1v) is 9.29. The van der Waals surface area contributed by atoms with E-state index in [-0.39, 0.29) is 24.1 Å². The van der Waals surface area contributed by atoms with Gasteiger partial charge in [0.2, 0.25) is 5.91 Å². The molecule has 0 bridgehead atoms. The van der Waals surface area contributed by atoms with E-state index in [9.17, 15) is 14.9 Å². The number of nitro benzene ring substituents is 1. The van der Waals surface area contributed by atoms with Crippen LogP contribution >= 0.6 is 0 Å². The lowest BCUT2D eigenvalue weighted by atomic mass is 9.88. The molecule has 1 aliphatic carbocycles. The van der Waals surface area contributed by atoms with E-state index in [1.54, 1.807) is 12.1 Å². The first-order valence-electron chi connectivity index (χ1n) is 9.29.